The van der Waals surface area contributed by atoms with Gasteiger partial charge in [0.2, 0.25) is 5.91 Å². The molecule has 0 aliphatic rings. The first-order valence-corrected chi connectivity index (χ1v) is 6.85. The van der Waals surface area contributed by atoms with Gasteiger partial charge in [0.05, 0.1) is 6.26 Å². The Bertz CT molecular complexity index is 584. The number of hydrogen-bond donors (Lipinski definition) is 1. The summed E-state index contributed by atoms with van der Waals surface area (Å²) >= 11 is 0. The molecule has 0 aliphatic carbocycles. The van der Waals surface area contributed by atoms with Crippen LogP contribution in [0.4, 0.5) is 0 Å². The standard InChI is InChI=1S/C17H20N2O2/c1-19(2)13-15-7-5-14(6-8-15)12-18-17(20)10-9-16-4-3-11-21-16/h3-11H,12-13H2,1-2H3,(H,18,20)/b10-9+. The molecule has 21 heavy (non-hydrogen) atoms. The van der Waals surface area contributed by atoms with Crippen molar-refractivity contribution >= 4 is 12.0 Å². The zero-order valence-electron chi connectivity index (χ0n) is 12.4. The SMILES string of the molecule is CN(C)Cc1ccc(CNC(=O)/C=C/c2ccco2)cc1. The Morgan fingerprint density at radius 2 is 1.90 bits per heavy atom. The van der Waals surface area contributed by atoms with E-state index in [1.165, 1.54) is 11.6 Å². The minimum Gasteiger partial charge on any atom is -0.465 e. The molecule has 110 valence electrons. The van der Waals surface area contributed by atoms with Gasteiger partial charge in [-0.15, -0.1) is 0 Å². The van der Waals surface area contributed by atoms with Gasteiger partial charge < -0.3 is 14.6 Å². The number of carbonyl (C=O) groups is 1. The van der Waals surface area contributed by atoms with Crippen molar-refractivity contribution in [2.75, 3.05) is 14.1 Å². The molecule has 1 heterocycles. The monoisotopic (exact) mass is 284 g/mol. The first-order valence-electron chi connectivity index (χ1n) is 6.85. The van der Waals surface area contributed by atoms with Gasteiger partial charge in [-0.1, -0.05) is 24.3 Å². The lowest BCUT2D eigenvalue weighted by atomic mass is 10.1. The van der Waals surface area contributed by atoms with Crippen LogP contribution in [-0.4, -0.2) is 24.9 Å². The van der Waals surface area contributed by atoms with Gasteiger partial charge in [0.15, 0.2) is 0 Å². The number of nitrogens with zero attached hydrogens (tertiary/aromatic N) is 1. The number of furan rings is 1. The summed E-state index contributed by atoms with van der Waals surface area (Å²) in [5.41, 5.74) is 2.34. The van der Waals surface area contributed by atoms with E-state index in [1.54, 1.807) is 24.5 Å². The third-order valence-electron chi connectivity index (χ3n) is 2.93. The zero-order chi connectivity index (χ0) is 15.1. The van der Waals surface area contributed by atoms with Gasteiger partial charge in [0, 0.05) is 19.2 Å². The Kier molecular flexibility index (Phi) is 5.35. The predicted octanol–water partition coefficient (Wildman–Crippen LogP) is 2.67. The average molecular weight is 284 g/mol. The Hall–Kier alpha value is -2.33. The highest BCUT2D eigenvalue weighted by atomic mass is 16.3. The maximum atomic E-state index is 11.7. The second-order valence-electron chi connectivity index (χ2n) is 5.12. The van der Waals surface area contributed by atoms with Crippen molar-refractivity contribution in [3.63, 3.8) is 0 Å². The lowest BCUT2D eigenvalue weighted by molar-refractivity contribution is -0.116. The molecule has 0 aliphatic heterocycles. The molecule has 0 radical (unpaired) electrons. The van der Waals surface area contributed by atoms with Crippen LogP contribution in [0.15, 0.2) is 53.2 Å². The van der Waals surface area contributed by atoms with Crippen molar-refractivity contribution in [2.45, 2.75) is 13.1 Å². The number of nitrogens with one attached hydrogen (secondary N) is 1. The van der Waals surface area contributed by atoms with Crippen LogP contribution in [0.1, 0.15) is 16.9 Å². The number of rotatable bonds is 6. The number of carbonyl (C=O) groups excluding carboxylic acids is 1. The van der Waals surface area contributed by atoms with Crippen LogP contribution in [-0.2, 0) is 17.9 Å². The summed E-state index contributed by atoms with van der Waals surface area (Å²) in [6.07, 6.45) is 4.70. The molecule has 2 rings (SSSR count). The smallest absolute Gasteiger partial charge is 0.244 e. The second kappa shape index (κ2) is 7.45. The summed E-state index contributed by atoms with van der Waals surface area (Å²) in [6.45, 7) is 1.43. The van der Waals surface area contributed by atoms with E-state index >= 15 is 0 Å². The lowest BCUT2D eigenvalue weighted by Gasteiger charge is -2.10. The summed E-state index contributed by atoms with van der Waals surface area (Å²) in [6, 6.07) is 11.8. The molecule has 2 aromatic rings. The molecule has 1 amide bonds. The van der Waals surface area contributed by atoms with Gasteiger partial charge in [0.1, 0.15) is 5.76 Å². The van der Waals surface area contributed by atoms with Gasteiger partial charge in [-0.05, 0) is 43.4 Å². The minimum absolute atomic E-state index is 0.135. The number of benzene rings is 1. The van der Waals surface area contributed by atoms with E-state index < -0.39 is 0 Å². The molecule has 1 aromatic heterocycles. The molecule has 1 N–H and O–H groups in total. The Morgan fingerprint density at radius 3 is 2.52 bits per heavy atom. The maximum absolute atomic E-state index is 11.7. The molecule has 1 aromatic carbocycles. The fraction of sp³-hybridized carbons (Fsp3) is 0.235. The molecule has 0 fully saturated rings. The van der Waals surface area contributed by atoms with Crippen LogP contribution >= 0.6 is 0 Å². The topological polar surface area (TPSA) is 45.5 Å². The lowest BCUT2D eigenvalue weighted by Crippen LogP contribution is -2.20. The largest absolute Gasteiger partial charge is 0.465 e. The summed E-state index contributed by atoms with van der Waals surface area (Å²) < 4.78 is 5.12. The highest BCUT2D eigenvalue weighted by molar-refractivity contribution is 5.91. The minimum atomic E-state index is -0.135. The summed E-state index contributed by atoms with van der Waals surface area (Å²) in [7, 11) is 4.08. The van der Waals surface area contributed by atoms with Gasteiger partial charge in [-0.3, -0.25) is 4.79 Å². The van der Waals surface area contributed by atoms with Crippen LogP contribution in [0.5, 0.6) is 0 Å². The Labute approximate surface area is 125 Å². The summed E-state index contributed by atoms with van der Waals surface area (Å²) in [4.78, 5) is 13.8. The quantitative estimate of drug-likeness (QED) is 0.830. The molecular weight excluding hydrogens is 264 g/mol. The van der Waals surface area contributed by atoms with Crippen molar-refractivity contribution in [1.82, 2.24) is 10.2 Å². The maximum Gasteiger partial charge on any atom is 0.244 e. The fourth-order valence-corrected chi connectivity index (χ4v) is 1.92. The molecule has 0 bridgehead atoms. The van der Waals surface area contributed by atoms with Gasteiger partial charge in [-0.2, -0.15) is 0 Å². The third kappa shape index (κ3) is 5.28. The van der Waals surface area contributed by atoms with Crippen LogP contribution < -0.4 is 5.32 Å². The Morgan fingerprint density at radius 1 is 1.19 bits per heavy atom. The van der Waals surface area contributed by atoms with Crippen LogP contribution in [0.2, 0.25) is 0 Å². The van der Waals surface area contributed by atoms with Crippen LogP contribution in [0, 0.1) is 0 Å². The van der Waals surface area contributed by atoms with E-state index in [1.807, 2.05) is 26.2 Å². The normalized spacial score (nSPS) is 11.2. The van der Waals surface area contributed by atoms with Gasteiger partial charge in [-0.25, -0.2) is 0 Å². The highest BCUT2D eigenvalue weighted by Crippen LogP contribution is 2.06. The van der Waals surface area contributed by atoms with Gasteiger partial charge >= 0.3 is 0 Å². The first-order chi connectivity index (χ1) is 10.1. The number of amides is 1. The Balaban J connectivity index is 1.81. The summed E-state index contributed by atoms with van der Waals surface area (Å²) in [5.74, 6) is 0.530. The fourth-order valence-electron chi connectivity index (χ4n) is 1.92. The second-order valence-corrected chi connectivity index (χ2v) is 5.12. The summed E-state index contributed by atoms with van der Waals surface area (Å²) in [5, 5.41) is 2.84. The molecule has 4 heteroatoms. The van der Waals surface area contributed by atoms with Crippen molar-refractivity contribution in [3.05, 3.63) is 65.6 Å². The van der Waals surface area contributed by atoms with Crippen molar-refractivity contribution in [3.8, 4) is 0 Å². The molecule has 4 nitrogen and oxygen atoms in total. The zero-order valence-corrected chi connectivity index (χ0v) is 12.4. The molecule has 0 unspecified atom stereocenters. The average Bonchev–Trinajstić information content (AvgIpc) is 2.97. The highest BCUT2D eigenvalue weighted by Gasteiger charge is 1.99. The van der Waals surface area contributed by atoms with Crippen LogP contribution in [0.3, 0.4) is 0 Å². The van der Waals surface area contributed by atoms with E-state index in [0.717, 1.165) is 12.1 Å². The van der Waals surface area contributed by atoms with Crippen molar-refractivity contribution in [1.29, 1.82) is 0 Å². The molecule has 0 saturated carbocycles. The van der Waals surface area contributed by atoms with Gasteiger partial charge in [0.25, 0.3) is 0 Å². The number of hydrogen-bond acceptors (Lipinski definition) is 3. The van der Waals surface area contributed by atoms with E-state index in [0.29, 0.717) is 12.3 Å². The molecule has 0 spiro atoms. The van der Waals surface area contributed by atoms with Crippen molar-refractivity contribution < 1.29 is 9.21 Å². The molecular formula is C17H20N2O2. The van der Waals surface area contributed by atoms with E-state index in [2.05, 4.69) is 22.3 Å². The van der Waals surface area contributed by atoms with E-state index in [9.17, 15) is 4.79 Å². The molecule has 0 saturated heterocycles. The van der Waals surface area contributed by atoms with E-state index in [-0.39, 0.29) is 5.91 Å². The first kappa shape index (κ1) is 15.1. The van der Waals surface area contributed by atoms with Crippen LogP contribution in [0.25, 0.3) is 6.08 Å². The van der Waals surface area contributed by atoms with E-state index in [4.69, 9.17) is 4.42 Å². The molecule has 0 atom stereocenters. The third-order valence-corrected chi connectivity index (χ3v) is 2.93. The van der Waals surface area contributed by atoms with Crippen molar-refractivity contribution in [2.24, 2.45) is 0 Å². The predicted molar refractivity (Wildman–Crippen MR) is 83.4 cm³/mol.